The van der Waals surface area contributed by atoms with Gasteiger partial charge in [0.1, 0.15) is 0 Å². The first kappa shape index (κ1) is 13.7. The van der Waals surface area contributed by atoms with Crippen LogP contribution in [-0.2, 0) is 6.54 Å². The maximum atomic E-state index is 11.9. The van der Waals surface area contributed by atoms with Gasteiger partial charge in [-0.1, -0.05) is 13.3 Å². The predicted molar refractivity (Wildman–Crippen MR) is 70.2 cm³/mol. The molecular weight excluding hydrogens is 216 g/mol. The number of aromatic nitrogens is 2. The van der Waals surface area contributed by atoms with E-state index in [9.17, 15) is 4.79 Å². The van der Waals surface area contributed by atoms with Crippen LogP contribution in [0.5, 0.6) is 0 Å². The molecule has 0 aliphatic heterocycles. The van der Waals surface area contributed by atoms with Gasteiger partial charge in [-0.25, -0.2) is 4.98 Å². The standard InChI is InChI=1S/C12H22N4O/c1-2-9-16-10-8-15-11(12(16)17)14-7-5-3-4-6-13/h8,10H,2-7,9,13H2,1H3,(H,14,15). The summed E-state index contributed by atoms with van der Waals surface area (Å²) in [5, 5.41) is 3.09. The number of hydrogen-bond donors (Lipinski definition) is 2. The van der Waals surface area contributed by atoms with Crippen LogP contribution in [0.4, 0.5) is 5.82 Å². The van der Waals surface area contributed by atoms with E-state index in [1.165, 1.54) is 0 Å². The Labute approximate surface area is 102 Å². The zero-order chi connectivity index (χ0) is 12.5. The number of rotatable bonds is 8. The molecule has 0 bridgehead atoms. The number of hydrogen-bond acceptors (Lipinski definition) is 4. The molecule has 0 saturated carbocycles. The first-order valence-corrected chi connectivity index (χ1v) is 6.29. The summed E-state index contributed by atoms with van der Waals surface area (Å²) in [7, 11) is 0. The first-order valence-electron chi connectivity index (χ1n) is 6.29. The zero-order valence-electron chi connectivity index (χ0n) is 10.5. The highest BCUT2D eigenvalue weighted by molar-refractivity contribution is 5.30. The quantitative estimate of drug-likeness (QED) is 0.667. The lowest BCUT2D eigenvalue weighted by atomic mass is 10.2. The molecular formula is C12H22N4O. The van der Waals surface area contributed by atoms with Crippen LogP contribution >= 0.6 is 0 Å². The van der Waals surface area contributed by atoms with Crippen LogP contribution in [0.1, 0.15) is 32.6 Å². The van der Waals surface area contributed by atoms with Gasteiger partial charge in [-0.3, -0.25) is 4.79 Å². The maximum absolute atomic E-state index is 11.9. The van der Waals surface area contributed by atoms with E-state index in [1.807, 2.05) is 6.92 Å². The Bertz CT molecular complexity index is 375. The molecule has 0 aliphatic carbocycles. The molecule has 1 heterocycles. The molecule has 0 atom stereocenters. The average molecular weight is 238 g/mol. The normalized spacial score (nSPS) is 10.5. The average Bonchev–Trinajstić information content (AvgIpc) is 2.33. The lowest BCUT2D eigenvalue weighted by molar-refractivity contribution is 0.647. The van der Waals surface area contributed by atoms with Crippen LogP contribution in [0.15, 0.2) is 17.2 Å². The molecule has 3 N–H and O–H groups in total. The third-order valence-corrected chi connectivity index (χ3v) is 2.55. The van der Waals surface area contributed by atoms with E-state index in [2.05, 4.69) is 10.3 Å². The largest absolute Gasteiger partial charge is 0.365 e. The summed E-state index contributed by atoms with van der Waals surface area (Å²) in [6.45, 7) is 4.29. The minimum absolute atomic E-state index is 0.0341. The highest BCUT2D eigenvalue weighted by Gasteiger charge is 2.02. The van der Waals surface area contributed by atoms with E-state index < -0.39 is 0 Å². The Morgan fingerprint density at radius 2 is 2.24 bits per heavy atom. The molecule has 0 amide bonds. The molecule has 0 unspecified atom stereocenters. The van der Waals surface area contributed by atoms with Crippen molar-refractivity contribution >= 4 is 5.82 Å². The van der Waals surface area contributed by atoms with Crippen molar-refractivity contribution in [1.82, 2.24) is 9.55 Å². The SMILES string of the molecule is CCCn1ccnc(NCCCCCN)c1=O. The predicted octanol–water partition coefficient (Wildman–Crippen LogP) is 1.19. The fourth-order valence-electron chi connectivity index (χ4n) is 1.64. The summed E-state index contributed by atoms with van der Waals surface area (Å²) >= 11 is 0. The summed E-state index contributed by atoms with van der Waals surface area (Å²) in [6.07, 6.45) is 7.47. The van der Waals surface area contributed by atoms with Gasteiger partial charge in [0, 0.05) is 25.5 Å². The van der Waals surface area contributed by atoms with Gasteiger partial charge in [-0.05, 0) is 25.8 Å². The van der Waals surface area contributed by atoms with Gasteiger partial charge < -0.3 is 15.6 Å². The van der Waals surface area contributed by atoms with E-state index in [4.69, 9.17) is 5.73 Å². The zero-order valence-corrected chi connectivity index (χ0v) is 10.5. The van der Waals surface area contributed by atoms with Crippen LogP contribution in [-0.4, -0.2) is 22.6 Å². The molecule has 5 heteroatoms. The molecule has 0 fully saturated rings. The van der Waals surface area contributed by atoms with Crippen molar-refractivity contribution in [2.45, 2.75) is 39.2 Å². The number of unbranched alkanes of at least 4 members (excludes halogenated alkanes) is 2. The lowest BCUT2D eigenvalue weighted by Gasteiger charge is -2.07. The Balaban J connectivity index is 2.48. The van der Waals surface area contributed by atoms with Gasteiger partial charge in [-0.2, -0.15) is 0 Å². The van der Waals surface area contributed by atoms with Gasteiger partial charge in [-0.15, -0.1) is 0 Å². The Kier molecular flexibility index (Phi) is 6.32. The molecule has 1 aromatic heterocycles. The topological polar surface area (TPSA) is 72.9 Å². The van der Waals surface area contributed by atoms with Crippen LogP contribution in [0.2, 0.25) is 0 Å². The van der Waals surface area contributed by atoms with E-state index in [1.54, 1.807) is 17.0 Å². The number of aryl methyl sites for hydroxylation is 1. The minimum atomic E-state index is -0.0341. The third-order valence-electron chi connectivity index (χ3n) is 2.55. The van der Waals surface area contributed by atoms with Crippen LogP contribution in [0.25, 0.3) is 0 Å². The minimum Gasteiger partial charge on any atom is -0.365 e. The van der Waals surface area contributed by atoms with Gasteiger partial charge in [0.15, 0.2) is 5.82 Å². The maximum Gasteiger partial charge on any atom is 0.293 e. The van der Waals surface area contributed by atoms with Crippen molar-refractivity contribution in [2.24, 2.45) is 5.73 Å². The molecule has 0 aliphatic rings. The third kappa shape index (κ3) is 4.56. The molecule has 0 saturated heterocycles. The number of nitrogens with two attached hydrogens (primary N) is 1. The number of nitrogens with zero attached hydrogens (tertiary/aromatic N) is 2. The molecule has 0 aromatic carbocycles. The second-order valence-electron chi connectivity index (χ2n) is 4.05. The lowest BCUT2D eigenvalue weighted by Crippen LogP contribution is -2.24. The monoisotopic (exact) mass is 238 g/mol. The summed E-state index contributed by atoms with van der Waals surface area (Å²) in [6, 6.07) is 0. The molecule has 0 radical (unpaired) electrons. The van der Waals surface area contributed by atoms with E-state index in [0.29, 0.717) is 5.82 Å². The molecule has 17 heavy (non-hydrogen) atoms. The van der Waals surface area contributed by atoms with Crippen LogP contribution < -0.4 is 16.6 Å². The fraction of sp³-hybridized carbons (Fsp3) is 0.667. The molecule has 1 aromatic rings. The molecule has 1 rings (SSSR count). The fourth-order valence-corrected chi connectivity index (χ4v) is 1.64. The summed E-state index contributed by atoms with van der Waals surface area (Å²) in [5.41, 5.74) is 5.38. The van der Waals surface area contributed by atoms with Crippen molar-refractivity contribution < 1.29 is 0 Å². The van der Waals surface area contributed by atoms with Gasteiger partial charge in [0.05, 0.1) is 0 Å². The Hall–Kier alpha value is -1.36. The summed E-state index contributed by atoms with van der Waals surface area (Å²) in [4.78, 5) is 16.0. The summed E-state index contributed by atoms with van der Waals surface area (Å²) < 4.78 is 1.69. The van der Waals surface area contributed by atoms with Crippen molar-refractivity contribution in [3.05, 3.63) is 22.7 Å². The van der Waals surface area contributed by atoms with E-state index in [-0.39, 0.29) is 5.56 Å². The van der Waals surface area contributed by atoms with Gasteiger partial charge in [0.25, 0.3) is 5.56 Å². The number of anilines is 1. The molecule has 5 nitrogen and oxygen atoms in total. The smallest absolute Gasteiger partial charge is 0.293 e. The van der Waals surface area contributed by atoms with Crippen molar-refractivity contribution in [3.63, 3.8) is 0 Å². The van der Waals surface area contributed by atoms with Crippen molar-refractivity contribution in [1.29, 1.82) is 0 Å². The van der Waals surface area contributed by atoms with E-state index in [0.717, 1.165) is 45.3 Å². The second-order valence-corrected chi connectivity index (χ2v) is 4.05. The highest BCUT2D eigenvalue weighted by Crippen LogP contribution is 1.97. The van der Waals surface area contributed by atoms with Crippen LogP contribution in [0, 0.1) is 0 Å². The molecule has 96 valence electrons. The van der Waals surface area contributed by atoms with E-state index >= 15 is 0 Å². The van der Waals surface area contributed by atoms with Crippen LogP contribution in [0.3, 0.4) is 0 Å². The highest BCUT2D eigenvalue weighted by atomic mass is 16.1. The van der Waals surface area contributed by atoms with Gasteiger partial charge >= 0.3 is 0 Å². The van der Waals surface area contributed by atoms with Crippen molar-refractivity contribution in [2.75, 3.05) is 18.4 Å². The summed E-state index contributed by atoms with van der Waals surface area (Å²) in [5.74, 6) is 0.452. The number of nitrogens with one attached hydrogen (secondary N) is 1. The van der Waals surface area contributed by atoms with Crippen molar-refractivity contribution in [3.8, 4) is 0 Å². The second kappa shape index (κ2) is 7.84. The Morgan fingerprint density at radius 1 is 1.41 bits per heavy atom. The van der Waals surface area contributed by atoms with Gasteiger partial charge in [0.2, 0.25) is 0 Å². The first-order chi connectivity index (χ1) is 8.29. The Morgan fingerprint density at radius 3 is 2.94 bits per heavy atom. The molecule has 0 spiro atoms.